The average Bonchev–Trinajstić information content (AvgIpc) is 3.30. The smallest absolute Gasteiger partial charge is 0.305 e. The van der Waals surface area contributed by atoms with Crippen LogP contribution in [-0.4, -0.2) is 33.8 Å². The number of benzene rings is 2. The van der Waals surface area contributed by atoms with Crippen LogP contribution in [0.25, 0.3) is 10.9 Å². The van der Waals surface area contributed by atoms with Crippen LogP contribution in [0.1, 0.15) is 41.3 Å². The van der Waals surface area contributed by atoms with Gasteiger partial charge in [0.15, 0.2) is 0 Å². The van der Waals surface area contributed by atoms with Crippen LogP contribution in [-0.2, 0) is 17.6 Å². The predicted octanol–water partition coefficient (Wildman–Crippen LogP) is 4.95. The van der Waals surface area contributed by atoms with E-state index >= 15 is 0 Å². The highest BCUT2D eigenvalue weighted by Gasteiger charge is 2.20. The van der Waals surface area contributed by atoms with E-state index in [1.54, 1.807) is 18.2 Å². The Bertz CT molecular complexity index is 1420. The SMILES string of the molecule is N#Cc1cccc(C(CC(=O)O)n2ccc3cc(OCCc4ccc5c(n4)NCCC5)ccc32)c1. The van der Waals surface area contributed by atoms with Gasteiger partial charge in [0.2, 0.25) is 0 Å². The highest BCUT2D eigenvalue weighted by atomic mass is 16.5. The zero-order valence-corrected chi connectivity index (χ0v) is 19.3. The van der Waals surface area contributed by atoms with Crippen molar-refractivity contribution in [2.45, 2.75) is 31.7 Å². The summed E-state index contributed by atoms with van der Waals surface area (Å²) >= 11 is 0. The minimum Gasteiger partial charge on any atom is -0.493 e. The molecule has 3 heterocycles. The Hall–Kier alpha value is -4.31. The maximum atomic E-state index is 11.6. The van der Waals surface area contributed by atoms with Gasteiger partial charge in [0.1, 0.15) is 11.6 Å². The van der Waals surface area contributed by atoms with Crippen LogP contribution in [0, 0.1) is 11.3 Å². The van der Waals surface area contributed by atoms with Gasteiger partial charge in [0.05, 0.1) is 30.7 Å². The Kier molecular flexibility index (Phi) is 6.36. The number of aliphatic carboxylic acids is 1. The second-order valence-corrected chi connectivity index (χ2v) is 8.73. The number of anilines is 1. The van der Waals surface area contributed by atoms with E-state index in [2.05, 4.69) is 23.5 Å². The molecule has 1 aliphatic heterocycles. The molecule has 5 rings (SSSR count). The summed E-state index contributed by atoms with van der Waals surface area (Å²) in [4.78, 5) is 16.3. The van der Waals surface area contributed by atoms with Gasteiger partial charge >= 0.3 is 5.97 Å². The van der Waals surface area contributed by atoms with E-state index < -0.39 is 12.0 Å². The Morgan fingerprint density at radius 3 is 2.97 bits per heavy atom. The zero-order valence-electron chi connectivity index (χ0n) is 19.3. The van der Waals surface area contributed by atoms with Gasteiger partial charge in [-0.25, -0.2) is 4.98 Å². The summed E-state index contributed by atoms with van der Waals surface area (Å²) in [6, 6.07) is 20.8. The number of rotatable bonds is 8. The van der Waals surface area contributed by atoms with Crippen LogP contribution in [0.15, 0.2) is 66.9 Å². The van der Waals surface area contributed by atoms with Crippen molar-refractivity contribution in [3.05, 3.63) is 89.2 Å². The zero-order chi connectivity index (χ0) is 24.2. The molecule has 0 saturated carbocycles. The van der Waals surface area contributed by atoms with Crippen LogP contribution < -0.4 is 10.1 Å². The summed E-state index contributed by atoms with van der Waals surface area (Å²) in [5.74, 6) is 0.852. The highest BCUT2D eigenvalue weighted by molar-refractivity contribution is 5.82. The number of nitrogens with one attached hydrogen (secondary N) is 1. The molecule has 7 nitrogen and oxygen atoms in total. The molecule has 0 saturated heterocycles. The molecule has 1 unspecified atom stereocenters. The van der Waals surface area contributed by atoms with E-state index in [1.165, 1.54) is 5.56 Å². The number of fused-ring (bicyclic) bond motifs is 2. The molecule has 0 aliphatic carbocycles. The third-order valence-corrected chi connectivity index (χ3v) is 6.37. The fourth-order valence-corrected chi connectivity index (χ4v) is 4.64. The molecule has 0 bridgehead atoms. The predicted molar refractivity (Wildman–Crippen MR) is 134 cm³/mol. The van der Waals surface area contributed by atoms with E-state index in [0.29, 0.717) is 18.6 Å². The van der Waals surface area contributed by atoms with Crippen LogP contribution in [0.3, 0.4) is 0 Å². The molecule has 7 heteroatoms. The fourth-order valence-electron chi connectivity index (χ4n) is 4.64. The van der Waals surface area contributed by atoms with Gasteiger partial charge < -0.3 is 19.7 Å². The van der Waals surface area contributed by atoms with Crippen molar-refractivity contribution in [3.8, 4) is 11.8 Å². The molecule has 1 atom stereocenters. The molecule has 2 aromatic carbocycles. The molecule has 0 amide bonds. The first-order valence-electron chi connectivity index (χ1n) is 11.8. The van der Waals surface area contributed by atoms with Crippen molar-refractivity contribution in [1.82, 2.24) is 9.55 Å². The number of carboxylic acids is 1. The summed E-state index contributed by atoms with van der Waals surface area (Å²) in [7, 11) is 0. The number of pyridine rings is 1. The molecule has 0 fully saturated rings. The van der Waals surface area contributed by atoms with Gasteiger partial charge in [-0.3, -0.25) is 4.79 Å². The minimum atomic E-state index is -0.898. The van der Waals surface area contributed by atoms with Gasteiger partial charge in [-0.2, -0.15) is 5.26 Å². The largest absolute Gasteiger partial charge is 0.493 e. The maximum absolute atomic E-state index is 11.6. The van der Waals surface area contributed by atoms with Crippen molar-refractivity contribution >= 4 is 22.7 Å². The summed E-state index contributed by atoms with van der Waals surface area (Å²) in [6.45, 7) is 1.48. The van der Waals surface area contributed by atoms with Crippen molar-refractivity contribution < 1.29 is 14.6 Å². The third kappa shape index (κ3) is 4.97. The van der Waals surface area contributed by atoms with Crippen LogP contribution in [0.5, 0.6) is 5.75 Å². The summed E-state index contributed by atoms with van der Waals surface area (Å²) in [5.41, 5.74) is 4.48. The van der Waals surface area contributed by atoms with Gasteiger partial charge in [0.25, 0.3) is 0 Å². The molecular weight excluding hydrogens is 440 g/mol. The lowest BCUT2D eigenvalue weighted by atomic mass is 10.0. The number of nitriles is 1. The Labute approximate surface area is 203 Å². The first-order chi connectivity index (χ1) is 17.1. The first kappa shape index (κ1) is 22.5. The monoisotopic (exact) mass is 466 g/mol. The number of aromatic nitrogens is 2. The lowest BCUT2D eigenvalue weighted by Crippen LogP contribution is -2.14. The maximum Gasteiger partial charge on any atom is 0.305 e. The minimum absolute atomic E-state index is 0.0838. The molecule has 0 spiro atoms. The number of aryl methyl sites for hydroxylation is 1. The second kappa shape index (κ2) is 9.90. The van der Waals surface area contributed by atoms with Crippen molar-refractivity contribution in [3.63, 3.8) is 0 Å². The standard InChI is InChI=1S/C28H26N4O3/c29-18-19-3-1-4-21(15-19)26(17-27(33)34)32-13-10-22-16-24(8-9-25(22)32)35-14-11-23-7-6-20-5-2-12-30-28(20)31-23/h1,3-4,6-10,13,15-16,26H,2,5,11-12,14,17H2,(H,30,31)(H,33,34). The molecule has 0 radical (unpaired) electrons. The van der Waals surface area contributed by atoms with E-state index in [0.717, 1.165) is 53.1 Å². The first-order valence-corrected chi connectivity index (χ1v) is 11.8. The summed E-state index contributed by atoms with van der Waals surface area (Å²) in [5, 5.41) is 23.1. The second-order valence-electron chi connectivity index (χ2n) is 8.73. The highest BCUT2D eigenvalue weighted by Crippen LogP contribution is 2.30. The molecule has 2 N–H and O–H groups in total. The van der Waals surface area contributed by atoms with Gasteiger partial charge in [0, 0.05) is 35.8 Å². The lowest BCUT2D eigenvalue weighted by molar-refractivity contribution is -0.137. The molecule has 176 valence electrons. The number of hydrogen-bond donors (Lipinski definition) is 2. The van der Waals surface area contributed by atoms with Crippen molar-refractivity contribution in [2.24, 2.45) is 0 Å². The Morgan fingerprint density at radius 1 is 1.20 bits per heavy atom. The average molecular weight is 467 g/mol. The van der Waals surface area contributed by atoms with Gasteiger partial charge in [-0.15, -0.1) is 0 Å². The fraction of sp³-hybridized carbons (Fsp3) is 0.250. The third-order valence-electron chi connectivity index (χ3n) is 6.37. The molecule has 4 aromatic rings. The van der Waals surface area contributed by atoms with Crippen molar-refractivity contribution in [1.29, 1.82) is 5.26 Å². The topological polar surface area (TPSA) is 100 Å². The van der Waals surface area contributed by atoms with Crippen LogP contribution >= 0.6 is 0 Å². The molecule has 35 heavy (non-hydrogen) atoms. The molecule has 2 aromatic heterocycles. The van der Waals surface area contributed by atoms with Crippen LogP contribution in [0.4, 0.5) is 5.82 Å². The summed E-state index contributed by atoms with van der Waals surface area (Å²) in [6.07, 6.45) is 4.74. The number of carboxylic acid groups (broad SMARTS) is 1. The number of carbonyl (C=O) groups is 1. The van der Waals surface area contributed by atoms with Gasteiger partial charge in [-0.05, 0) is 66.4 Å². The number of ether oxygens (including phenoxy) is 1. The number of nitrogens with zero attached hydrogens (tertiary/aromatic N) is 3. The van der Waals surface area contributed by atoms with E-state index in [9.17, 15) is 15.2 Å². The van der Waals surface area contributed by atoms with Crippen molar-refractivity contribution in [2.75, 3.05) is 18.5 Å². The van der Waals surface area contributed by atoms with E-state index in [-0.39, 0.29) is 6.42 Å². The quantitative estimate of drug-likeness (QED) is 0.381. The van der Waals surface area contributed by atoms with Crippen LogP contribution in [0.2, 0.25) is 0 Å². The van der Waals surface area contributed by atoms with E-state index in [1.807, 2.05) is 41.1 Å². The number of hydrogen-bond acceptors (Lipinski definition) is 5. The van der Waals surface area contributed by atoms with Gasteiger partial charge in [-0.1, -0.05) is 18.2 Å². The molecule has 1 aliphatic rings. The van der Waals surface area contributed by atoms with E-state index in [4.69, 9.17) is 9.72 Å². The Balaban J connectivity index is 1.32. The summed E-state index contributed by atoms with van der Waals surface area (Å²) < 4.78 is 7.96. The lowest BCUT2D eigenvalue weighted by Gasteiger charge is -2.19. The Morgan fingerprint density at radius 2 is 2.11 bits per heavy atom. The molecular formula is C28H26N4O3. The normalized spacial score (nSPS) is 13.5.